The number of aromatic nitrogens is 5. The summed E-state index contributed by atoms with van der Waals surface area (Å²) >= 11 is 12.5. The topological polar surface area (TPSA) is 92.5 Å². The van der Waals surface area contributed by atoms with Crippen LogP contribution in [0.15, 0.2) is 59.1 Å². The summed E-state index contributed by atoms with van der Waals surface area (Å²) in [5.41, 5.74) is 1.70. The van der Waals surface area contributed by atoms with Crippen molar-refractivity contribution in [1.82, 2.24) is 25.1 Å². The van der Waals surface area contributed by atoms with Gasteiger partial charge in [-0.25, -0.2) is 9.97 Å². The Hall–Kier alpha value is -3.63. The first-order chi connectivity index (χ1) is 15.8. The average molecular weight is 491 g/mol. The van der Waals surface area contributed by atoms with Crippen LogP contribution in [0.1, 0.15) is 5.56 Å². The van der Waals surface area contributed by atoms with Gasteiger partial charge in [0.25, 0.3) is 0 Å². The maximum absolute atomic E-state index is 12.7. The SMILES string of the molecule is FC(F)(F)c1ccc(Nc2nnc(-c3ccc4nc(-c5c(Cl)cccc5Cl)[nH]c4c3)o2)nc1. The molecule has 0 radical (unpaired) electrons. The van der Waals surface area contributed by atoms with Gasteiger partial charge in [0.1, 0.15) is 11.6 Å². The first-order valence-corrected chi connectivity index (χ1v) is 10.1. The van der Waals surface area contributed by atoms with Crippen LogP contribution >= 0.6 is 23.2 Å². The number of hydrogen-bond acceptors (Lipinski definition) is 6. The van der Waals surface area contributed by atoms with Crippen molar-refractivity contribution in [3.05, 3.63) is 70.3 Å². The van der Waals surface area contributed by atoms with Crippen LogP contribution in [0.2, 0.25) is 10.0 Å². The zero-order valence-electron chi connectivity index (χ0n) is 16.3. The third-order valence-electron chi connectivity index (χ3n) is 4.68. The summed E-state index contributed by atoms with van der Waals surface area (Å²) in [6, 6.07) is 12.5. The fraction of sp³-hybridized carbons (Fsp3) is 0.0476. The van der Waals surface area contributed by atoms with Gasteiger partial charge in [-0.1, -0.05) is 34.4 Å². The third kappa shape index (κ3) is 4.22. The molecule has 166 valence electrons. The van der Waals surface area contributed by atoms with Gasteiger partial charge in [-0.2, -0.15) is 13.2 Å². The molecule has 3 aromatic heterocycles. The Labute approximate surface area is 193 Å². The Bertz CT molecular complexity index is 1440. The van der Waals surface area contributed by atoms with Gasteiger partial charge in [0.15, 0.2) is 0 Å². The molecule has 0 aliphatic rings. The number of H-pyrrole nitrogens is 1. The smallest absolute Gasteiger partial charge is 0.403 e. The van der Waals surface area contributed by atoms with Crippen LogP contribution in [0.4, 0.5) is 25.0 Å². The average Bonchev–Trinajstić information content (AvgIpc) is 3.39. The Kier molecular flexibility index (Phi) is 5.18. The molecule has 0 spiro atoms. The van der Waals surface area contributed by atoms with Crippen LogP contribution in [0.5, 0.6) is 0 Å². The molecule has 33 heavy (non-hydrogen) atoms. The number of alkyl halides is 3. The van der Waals surface area contributed by atoms with E-state index in [0.29, 0.717) is 44.2 Å². The van der Waals surface area contributed by atoms with Gasteiger partial charge in [0.05, 0.1) is 32.2 Å². The molecule has 0 fully saturated rings. The maximum atomic E-state index is 12.7. The zero-order chi connectivity index (χ0) is 23.2. The number of pyridine rings is 1. The summed E-state index contributed by atoms with van der Waals surface area (Å²) in [5, 5.41) is 11.4. The number of rotatable bonds is 4. The molecule has 0 saturated carbocycles. The van der Waals surface area contributed by atoms with Gasteiger partial charge in [0.2, 0.25) is 5.89 Å². The summed E-state index contributed by atoms with van der Waals surface area (Å²) < 4.78 is 43.6. The van der Waals surface area contributed by atoms with E-state index in [1.165, 1.54) is 6.07 Å². The molecule has 0 aliphatic carbocycles. The fourth-order valence-corrected chi connectivity index (χ4v) is 3.70. The van der Waals surface area contributed by atoms with E-state index in [2.05, 4.69) is 30.5 Å². The monoisotopic (exact) mass is 490 g/mol. The van der Waals surface area contributed by atoms with Gasteiger partial charge in [-0.3, -0.25) is 5.32 Å². The van der Waals surface area contributed by atoms with E-state index in [1.807, 2.05) is 0 Å². The first-order valence-electron chi connectivity index (χ1n) is 9.36. The molecule has 2 aromatic carbocycles. The number of hydrogen-bond donors (Lipinski definition) is 2. The maximum Gasteiger partial charge on any atom is 0.417 e. The molecule has 7 nitrogen and oxygen atoms in total. The second kappa shape index (κ2) is 8.05. The van der Waals surface area contributed by atoms with Crippen LogP contribution in [0.3, 0.4) is 0 Å². The molecule has 0 aliphatic heterocycles. The number of nitrogens with one attached hydrogen (secondary N) is 2. The summed E-state index contributed by atoms with van der Waals surface area (Å²) in [5.74, 6) is 0.834. The van der Waals surface area contributed by atoms with Crippen molar-refractivity contribution >= 4 is 46.1 Å². The highest BCUT2D eigenvalue weighted by Gasteiger charge is 2.30. The summed E-state index contributed by atoms with van der Waals surface area (Å²) in [6.07, 6.45) is -3.75. The molecular weight excluding hydrogens is 480 g/mol. The Morgan fingerprint density at radius 2 is 1.76 bits per heavy atom. The number of fused-ring (bicyclic) bond motifs is 1. The van der Waals surface area contributed by atoms with Crippen molar-refractivity contribution in [2.45, 2.75) is 6.18 Å². The number of anilines is 2. The van der Waals surface area contributed by atoms with E-state index in [-0.39, 0.29) is 17.7 Å². The lowest BCUT2D eigenvalue weighted by molar-refractivity contribution is -0.137. The van der Waals surface area contributed by atoms with Crippen molar-refractivity contribution < 1.29 is 17.6 Å². The van der Waals surface area contributed by atoms with Crippen molar-refractivity contribution in [2.75, 3.05) is 5.32 Å². The first kappa shape index (κ1) is 21.2. The standard InChI is InChI=1S/C21H11Cl2F3N6O/c22-12-2-1-3-13(23)17(12)18-28-14-6-4-10(8-15(14)29-18)19-31-32-20(33-19)30-16-7-5-11(9-27-16)21(24,25)26/h1-9H,(H,28,29)(H,27,30,32). The van der Waals surface area contributed by atoms with E-state index in [4.69, 9.17) is 27.6 Å². The highest BCUT2D eigenvalue weighted by atomic mass is 35.5. The van der Waals surface area contributed by atoms with Crippen LogP contribution in [0, 0.1) is 0 Å². The molecule has 0 saturated heterocycles. The molecule has 5 rings (SSSR count). The molecule has 3 heterocycles. The van der Waals surface area contributed by atoms with Crippen molar-refractivity contribution in [3.63, 3.8) is 0 Å². The predicted octanol–water partition coefficient (Wildman–Crippen LogP) is 6.74. The van der Waals surface area contributed by atoms with E-state index in [0.717, 1.165) is 6.07 Å². The minimum absolute atomic E-state index is 0.0227. The second-order valence-corrected chi connectivity index (χ2v) is 7.70. The Morgan fingerprint density at radius 1 is 0.970 bits per heavy atom. The third-order valence-corrected chi connectivity index (χ3v) is 5.31. The minimum Gasteiger partial charge on any atom is -0.403 e. The van der Waals surface area contributed by atoms with E-state index in [9.17, 15) is 13.2 Å². The van der Waals surface area contributed by atoms with Crippen molar-refractivity contribution in [1.29, 1.82) is 0 Å². The number of benzene rings is 2. The highest BCUT2D eigenvalue weighted by Crippen LogP contribution is 2.35. The van der Waals surface area contributed by atoms with Gasteiger partial charge >= 0.3 is 12.2 Å². The zero-order valence-corrected chi connectivity index (χ0v) is 17.8. The number of nitrogens with zero attached hydrogens (tertiary/aromatic N) is 4. The summed E-state index contributed by atoms with van der Waals surface area (Å²) in [7, 11) is 0. The van der Waals surface area contributed by atoms with Crippen LogP contribution in [0.25, 0.3) is 33.9 Å². The summed E-state index contributed by atoms with van der Waals surface area (Å²) in [6.45, 7) is 0. The minimum atomic E-state index is -4.47. The van der Waals surface area contributed by atoms with E-state index < -0.39 is 11.7 Å². The van der Waals surface area contributed by atoms with Crippen LogP contribution in [-0.4, -0.2) is 25.1 Å². The van der Waals surface area contributed by atoms with Crippen LogP contribution in [-0.2, 0) is 6.18 Å². The van der Waals surface area contributed by atoms with Crippen molar-refractivity contribution in [3.8, 4) is 22.8 Å². The van der Waals surface area contributed by atoms with Crippen molar-refractivity contribution in [2.24, 2.45) is 0 Å². The quantitative estimate of drug-likeness (QED) is 0.289. The normalized spacial score (nSPS) is 11.8. The number of aromatic amines is 1. The predicted molar refractivity (Wildman–Crippen MR) is 117 cm³/mol. The largest absolute Gasteiger partial charge is 0.417 e. The lowest BCUT2D eigenvalue weighted by atomic mass is 10.2. The van der Waals surface area contributed by atoms with Gasteiger partial charge in [-0.15, -0.1) is 5.10 Å². The molecule has 0 atom stereocenters. The molecule has 0 bridgehead atoms. The second-order valence-electron chi connectivity index (χ2n) is 6.88. The number of imidazole rings is 1. The molecule has 2 N–H and O–H groups in total. The number of halogens is 5. The summed E-state index contributed by atoms with van der Waals surface area (Å²) in [4.78, 5) is 11.4. The van der Waals surface area contributed by atoms with E-state index in [1.54, 1.807) is 36.4 Å². The Morgan fingerprint density at radius 3 is 2.45 bits per heavy atom. The van der Waals surface area contributed by atoms with E-state index >= 15 is 0 Å². The molecule has 0 amide bonds. The molecular formula is C21H11Cl2F3N6O. The van der Waals surface area contributed by atoms with Gasteiger partial charge < -0.3 is 9.40 Å². The lowest BCUT2D eigenvalue weighted by Gasteiger charge is -2.06. The van der Waals surface area contributed by atoms with Gasteiger partial charge in [0, 0.05) is 11.8 Å². The lowest BCUT2D eigenvalue weighted by Crippen LogP contribution is -2.05. The Balaban J connectivity index is 1.40. The molecule has 12 heteroatoms. The highest BCUT2D eigenvalue weighted by molar-refractivity contribution is 6.39. The van der Waals surface area contributed by atoms with Crippen LogP contribution < -0.4 is 5.32 Å². The molecule has 5 aromatic rings. The van der Waals surface area contributed by atoms with Gasteiger partial charge in [-0.05, 0) is 42.5 Å². The molecule has 0 unspecified atom stereocenters. The fourth-order valence-electron chi connectivity index (χ4n) is 3.12.